The van der Waals surface area contributed by atoms with Crippen molar-refractivity contribution < 1.29 is 4.42 Å². The van der Waals surface area contributed by atoms with Crippen molar-refractivity contribution in [2.45, 2.75) is 19.0 Å². The SMILES string of the molecule is CC(N)c1ccc(-c2cc3c(oc4cccc(-c5ccc(C6=CC(c7ccccc7)NC(c7ccccc7)=N6)cc5)c43)c3ccccc23)cc1. The van der Waals surface area contributed by atoms with E-state index in [1.165, 1.54) is 11.1 Å². The lowest BCUT2D eigenvalue weighted by Gasteiger charge is -2.24. The summed E-state index contributed by atoms with van der Waals surface area (Å²) in [6.45, 7) is 2.02. The lowest BCUT2D eigenvalue weighted by Crippen LogP contribution is -2.31. The van der Waals surface area contributed by atoms with Gasteiger partial charge in [-0.15, -0.1) is 0 Å². The van der Waals surface area contributed by atoms with Crippen LogP contribution in [0.1, 0.15) is 41.3 Å². The third kappa shape index (κ3) is 5.27. The maximum atomic E-state index is 6.65. The number of nitrogens with one attached hydrogen (secondary N) is 1. The fourth-order valence-electron chi connectivity index (χ4n) is 7.20. The lowest BCUT2D eigenvalue weighted by atomic mass is 9.92. The van der Waals surface area contributed by atoms with E-state index in [2.05, 4.69) is 151 Å². The van der Waals surface area contributed by atoms with Gasteiger partial charge in [-0.2, -0.15) is 0 Å². The summed E-state index contributed by atoms with van der Waals surface area (Å²) >= 11 is 0. The Hall–Kier alpha value is -6.23. The third-order valence-corrected chi connectivity index (χ3v) is 9.80. The molecule has 9 rings (SSSR count). The van der Waals surface area contributed by atoms with Gasteiger partial charge in [0.15, 0.2) is 0 Å². The molecular weight excluding hydrogens is 611 g/mol. The Bertz CT molecular complexity index is 2560. The Morgan fingerprint density at radius 1 is 0.600 bits per heavy atom. The highest BCUT2D eigenvalue weighted by Gasteiger charge is 2.21. The summed E-state index contributed by atoms with van der Waals surface area (Å²) in [5, 5.41) is 8.14. The van der Waals surface area contributed by atoms with Crippen LogP contribution in [0.2, 0.25) is 0 Å². The number of furan rings is 1. The van der Waals surface area contributed by atoms with E-state index in [0.717, 1.165) is 77.6 Å². The fourth-order valence-corrected chi connectivity index (χ4v) is 7.20. The maximum absolute atomic E-state index is 6.65. The van der Waals surface area contributed by atoms with E-state index >= 15 is 0 Å². The second kappa shape index (κ2) is 12.3. The van der Waals surface area contributed by atoms with Crippen molar-refractivity contribution in [2.75, 3.05) is 0 Å². The molecule has 2 unspecified atom stereocenters. The topological polar surface area (TPSA) is 63.5 Å². The number of amidine groups is 1. The predicted octanol–water partition coefficient (Wildman–Crippen LogP) is 11.2. The Morgan fingerprint density at radius 2 is 1.24 bits per heavy atom. The molecule has 0 amide bonds. The molecule has 0 bridgehead atoms. The highest BCUT2D eigenvalue weighted by Crippen LogP contribution is 2.43. The van der Waals surface area contributed by atoms with Crippen LogP contribution in [0.15, 0.2) is 173 Å². The number of hydrogen-bond donors (Lipinski definition) is 2. The van der Waals surface area contributed by atoms with Gasteiger partial charge in [0.25, 0.3) is 0 Å². The van der Waals surface area contributed by atoms with Crippen LogP contribution in [0.5, 0.6) is 0 Å². The van der Waals surface area contributed by atoms with E-state index in [4.69, 9.17) is 15.1 Å². The molecule has 4 heteroatoms. The van der Waals surface area contributed by atoms with E-state index in [9.17, 15) is 0 Å². The van der Waals surface area contributed by atoms with Crippen molar-refractivity contribution in [1.29, 1.82) is 0 Å². The standard InChI is InChI=1S/C46H35N3O/c1-29(47)30-19-21-32(22-20-30)39-27-40-44-36(17-10-18-43(44)50-45(40)38-16-9-8-15-37(38)39)31-23-25-34(26-24-31)42-28-41(33-11-4-2-5-12-33)48-46(49-42)35-13-6-3-7-14-35/h2-29,41H,47H2,1H3,(H,48,49). The molecule has 7 aromatic carbocycles. The molecule has 4 nitrogen and oxygen atoms in total. The van der Waals surface area contributed by atoms with Crippen molar-refractivity contribution >= 4 is 44.2 Å². The minimum atomic E-state index is -0.0101. The molecule has 50 heavy (non-hydrogen) atoms. The molecule has 0 saturated carbocycles. The molecule has 0 saturated heterocycles. The molecule has 0 aliphatic carbocycles. The maximum Gasteiger partial charge on any atom is 0.143 e. The first-order valence-corrected chi connectivity index (χ1v) is 17.1. The van der Waals surface area contributed by atoms with E-state index in [-0.39, 0.29) is 12.1 Å². The average Bonchev–Trinajstić information content (AvgIpc) is 3.57. The van der Waals surface area contributed by atoms with Crippen molar-refractivity contribution in [1.82, 2.24) is 5.32 Å². The Balaban J connectivity index is 1.16. The first-order valence-electron chi connectivity index (χ1n) is 17.1. The van der Waals surface area contributed by atoms with Crippen LogP contribution >= 0.6 is 0 Å². The number of aliphatic imine (C=N–C) groups is 1. The Morgan fingerprint density at radius 3 is 1.98 bits per heavy atom. The highest BCUT2D eigenvalue weighted by molar-refractivity contribution is 6.22. The van der Waals surface area contributed by atoms with Crippen LogP contribution in [0, 0.1) is 0 Å². The number of rotatable bonds is 6. The molecule has 0 fully saturated rings. The van der Waals surface area contributed by atoms with Crippen molar-refractivity contribution in [3.05, 3.63) is 186 Å². The van der Waals surface area contributed by atoms with Gasteiger partial charge in [-0.05, 0) is 69.5 Å². The van der Waals surface area contributed by atoms with Crippen LogP contribution < -0.4 is 11.1 Å². The van der Waals surface area contributed by atoms with Crippen LogP contribution in [0.25, 0.3) is 60.7 Å². The van der Waals surface area contributed by atoms with Crippen LogP contribution in [-0.4, -0.2) is 5.84 Å². The summed E-state index contributed by atoms with van der Waals surface area (Å²) in [5.74, 6) is 0.867. The van der Waals surface area contributed by atoms with Gasteiger partial charge in [0, 0.05) is 27.8 Å². The monoisotopic (exact) mass is 645 g/mol. The second-order valence-electron chi connectivity index (χ2n) is 13.0. The lowest BCUT2D eigenvalue weighted by molar-refractivity contribution is 0.673. The summed E-state index contributed by atoms with van der Waals surface area (Å²) in [6, 6.07) is 55.4. The second-order valence-corrected chi connectivity index (χ2v) is 13.0. The molecule has 8 aromatic rings. The van der Waals surface area contributed by atoms with Crippen LogP contribution in [0.3, 0.4) is 0 Å². The molecule has 1 aliphatic heterocycles. The van der Waals surface area contributed by atoms with E-state index in [0.29, 0.717) is 0 Å². The van der Waals surface area contributed by atoms with Gasteiger partial charge in [0.2, 0.25) is 0 Å². The van der Waals surface area contributed by atoms with Crippen molar-refractivity contribution in [2.24, 2.45) is 10.7 Å². The summed E-state index contributed by atoms with van der Waals surface area (Å²) in [6.07, 6.45) is 2.22. The predicted molar refractivity (Wildman–Crippen MR) is 208 cm³/mol. The van der Waals surface area contributed by atoms with E-state index < -0.39 is 0 Å². The summed E-state index contributed by atoms with van der Waals surface area (Å²) in [7, 11) is 0. The number of hydrogen-bond acceptors (Lipinski definition) is 4. The third-order valence-electron chi connectivity index (χ3n) is 9.80. The Labute approximate surface area is 291 Å². The summed E-state index contributed by atoms with van der Waals surface area (Å²) in [4.78, 5) is 5.11. The number of fused-ring (bicyclic) bond motifs is 5. The number of nitrogens with zero attached hydrogens (tertiary/aromatic N) is 1. The molecule has 1 aliphatic rings. The van der Waals surface area contributed by atoms with Crippen molar-refractivity contribution in [3.8, 4) is 22.3 Å². The van der Waals surface area contributed by atoms with Gasteiger partial charge >= 0.3 is 0 Å². The molecule has 0 radical (unpaired) electrons. The van der Waals surface area contributed by atoms with Gasteiger partial charge in [-0.1, -0.05) is 146 Å². The van der Waals surface area contributed by atoms with E-state index in [1.54, 1.807) is 0 Å². The molecule has 2 atom stereocenters. The Kier molecular flexibility index (Phi) is 7.37. The van der Waals surface area contributed by atoms with Crippen LogP contribution in [0.4, 0.5) is 0 Å². The van der Waals surface area contributed by atoms with Gasteiger partial charge in [-0.25, -0.2) is 4.99 Å². The van der Waals surface area contributed by atoms with Crippen LogP contribution in [-0.2, 0) is 0 Å². The quantitative estimate of drug-likeness (QED) is 0.189. The average molecular weight is 646 g/mol. The minimum absolute atomic E-state index is 0.00329. The highest BCUT2D eigenvalue weighted by atomic mass is 16.3. The molecule has 0 spiro atoms. The largest absolute Gasteiger partial charge is 0.455 e. The fraction of sp³-hybridized carbons (Fsp3) is 0.0652. The molecule has 2 heterocycles. The summed E-state index contributed by atoms with van der Waals surface area (Å²) < 4.78 is 6.65. The zero-order chi connectivity index (χ0) is 33.6. The normalized spacial score (nSPS) is 15.1. The van der Waals surface area contributed by atoms with Gasteiger partial charge in [0.1, 0.15) is 17.0 Å². The zero-order valence-electron chi connectivity index (χ0n) is 27.7. The zero-order valence-corrected chi connectivity index (χ0v) is 27.7. The minimum Gasteiger partial charge on any atom is -0.455 e. The van der Waals surface area contributed by atoms with Crippen molar-refractivity contribution in [3.63, 3.8) is 0 Å². The summed E-state index contributed by atoms with van der Waals surface area (Å²) in [5.41, 5.74) is 17.9. The van der Waals surface area contributed by atoms with Gasteiger partial charge in [0.05, 0.1) is 11.7 Å². The van der Waals surface area contributed by atoms with E-state index in [1.807, 2.05) is 25.1 Å². The smallest absolute Gasteiger partial charge is 0.143 e. The molecular formula is C46H35N3O. The molecule has 240 valence electrons. The first-order chi connectivity index (χ1) is 24.6. The molecule has 3 N–H and O–H groups in total. The van der Waals surface area contributed by atoms with Gasteiger partial charge in [-0.3, -0.25) is 0 Å². The first kappa shape index (κ1) is 29.9. The number of benzene rings is 7. The van der Waals surface area contributed by atoms with Gasteiger partial charge < -0.3 is 15.5 Å². The molecule has 1 aromatic heterocycles. The number of nitrogens with two attached hydrogens (primary N) is 1.